The first kappa shape index (κ1) is 18.9. The van der Waals surface area contributed by atoms with E-state index in [0.29, 0.717) is 18.7 Å². The zero-order chi connectivity index (χ0) is 13.9. The number of rotatable bonds is 10. The van der Waals surface area contributed by atoms with Gasteiger partial charge < -0.3 is 15.2 Å². The molecular weight excluding hydrogens is 280 g/mol. The molecule has 0 unspecified atom stereocenters. The summed E-state index contributed by atoms with van der Waals surface area (Å²) < 4.78 is 5.11. The van der Waals surface area contributed by atoms with Gasteiger partial charge in [-0.15, -0.1) is 12.4 Å². The van der Waals surface area contributed by atoms with E-state index < -0.39 is 0 Å². The summed E-state index contributed by atoms with van der Waals surface area (Å²) in [4.78, 5) is 15.8. The Kier molecular flexibility index (Phi) is 11.0. The van der Waals surface area contributed by atoms with Crippen LogP contribution < -0.4 is 10.6 Å². The molecule has 0 spiro atoms. The highest BCUT2D eigenvalue weighted by Crippen LogP contribution is 2.04. The Morgan fingerprint density at radius 1 is 1.25 bits per heavy atom. The molecule has 0 bridgehead atoms. The second kappa shape index (κ2) is 11.7. The molecule has 0 saturated heterocycles. The molecule has 0 fully saturated rings. The minimum atomic E-state index is 0. The maximum absolute atomic E-state index is 11.5. The molecule has 0 aliphatic rings. The van der Waals surface area contributed by atoms with Crippen LogP contribution in [-0.2, 0) is 17.6 Å². The first-order valence-electron chi connectivity index (χ1n) is 6.99. The molecule has 1 rings (SSSR count). The quantitative estimate of drug-likeness (QED) is 0.640. The zero-order valence-electron chi connectivity index (χ0n) is 12.3. The monoisotopic (exact) mass is 304 g/mol. The lowest BCUT2D eigenvalue weighted by molar-refractivity contribution is -0.121. The Labute approximate surface area is 126 Å². The molecule has 1 heterocycles. The molecule has 2 N–H and O–H groups in total. The molecule has 0 radical (unpaired) electrons. The van der Waals surface area contributed by atoms with Crippen LogP contribution in [0.5, 0.6) is 0 Å². The van der Waals surface area contributed by atoms with Crippen LogP contribution in [-0.4, -0.2) is 36.2 Å². The standard InChI is InChI=1S/C13H24N4O2.ClH/c1-3-6-11-16-13(19-17-11)8-4-7-12(18)15-10-5-9-14-2;/h14H,3-10H2,1-2H3,(H,15,18);1H. The van der Waals surface area contributed by atoms with E-state index in [-0.39, 0.29) is 18.3 Å². The molecule has 20 heavy (non-hydrogen) atoms. The molecule has 0 aliphatic carbocycles. The molecule has 0 aliphatic heterocycles. The largest absolute Gasteiger partial charge is 0.356 e. The van der Waals surface area contributed by atoms with Gasteiger partial charge in [-0.1, -0.05) is 12.1 Å². The number of hydrogen-bond acceptors (Lipinski definition) is 5. The zero-order valence-corrected chi connectivity index (χ0v) is 13.1. The van der Waals surface area contributed by atoms with Gasteiger partial charge >= 0.3 is 0 Å². The van der Waals surface area contributed by atoms with Crippen LogP contribution >= 0.6 is 12.4 Å². The van der Waals surface area contributed by atoms with Gasteiger partial charge in [0, 0.05) is 25.8 Å². The van der Waals surface area contributed by atoms with Crippen molar-refractivity contribution >= 4 is 18.3 Å². The number of amides is 1. The second-order valence-corrected chi connectivity index (χ2v) is 4.51. The van der Waals surface area contributed by atoms with Gasteiger partial charge in [0.2, 0.25) is 11.8 Å². The fourth-order valence-electron chi connectivity index (χ4n) is 1.70. The molecule has 116 valence electrons. The first-order valence-corrected chi connectivity index (χ1v) is 6.99. The molecular formula is C13H25ClN4O2. The van der Waals surface area contributed by atoms with Gasteiger partial charge in [-0.3, -0.25) is 4.79 Å². The van der Waals surface area contributed by atoms with E-state index in [1.54, 1.807) is 0 Å². The first-order chi connectivity index (χ1) is 9.26. The van der Waals surface area contributed by atoms with Gasteiger partial charge in [0.1, 0.15) is 0 Å². The van der Waals surface area contributed by atoms with Crippen LogP contribution in [0.25, 0.3) is 0 Å². The van der Waals surface area contributed by atoms with E-state index in [1.165, 1.54) is 0 Å². The van der Waals surface area contributed by atoms with E-state index in [4.69, 9.17) is 4.52 Å². The summed E-state index contributed by atoms with van der Waals surface area (Å²) in [6.07, 6.45) is 4.72. The van der Waals surface area contributed by atoms with Crippen LogP contribution in [0.3, 0.4) is 0 Å². The fraction of sp³-hybridized carbons (Fsp3) is 0.769. The summed E-state index contributed by atoms with van der Waals surface area (Å²) in [5, 5.41) is 9.80. The summed E-state index contributed by atoms with van der Waals surface area (Å²) in [5.41, 5.74) is 0. The fourth-order valence-corrected chi connectivity index (χ4v) is 1.70. The van der Waals surface area contributed by atoms with Crippen LogP contribution in [0, 0.1) is 0 Å². The Morgan fingerprint density at radius 2 is 2.05 bits per heavy atom. The minimum absolute atomic E-state index is 0. The Balaban J connectivity index is 0.00000361. The smallest absolute Gasteiger partial charge is 0.226 e. The van der Waals surface area contributed by atoms with Crippen molar-refractivity contribution in [3.8, 4) is 0 Å². The highest BCUT2D eigenvalue weighted by Gasteiger charge is 2.07. The molecule has 6 nitrogen and oxygen atoms in total. The van der Waals surface area contributed by atoms with Gasteiger partial charge in [-0.05, 0) is 32.9 Å². The van der Waals surface area contributed by atoms with Crippen LogP contribution in [0.4, 0.5) is 0 Å². The van der Waals surface area contributed by atoms with Crippen molar-refractivity contribution in [2.45, 2.75) is 45.4 Å². The van der Waals surface area contributed by atoms with Crippen LogP contribution in [0.1, 0.15) is 44.3 Å². The summed E-state index contributed by atoms with van der Waals surface area (Å²) in [5.74, 6) is 1.48. The SMILES string of the molecule is CCCc1noc(CCCC(=O)NCCCNC)n1.Cl. The normalized spacial score (nSPS) is 10.1. The number of carbonyl (C=O) groups excluding carboxylic acids is 1. The van der Waals surface area contributed by atoms with E-state index >= 15 is 0 Å². The molecule has 1 aromatic heterocycles. The highest BCUT2D eigenvalue weighted by molar-refractivity contribution is 5.85. The van der Waals surface area contributed by atoms with Crippen molar-refractivity contribution in [2.75, 3.05) is 20.1 Å². The lowest BCUT2D eigenvalue weighted by Crippen LogP contribution is -2.26. The van der Waals surface area contributed by atoms with Crippen molar-refractivity contribution in [3.05, 3.63) is 11.7 Å². The van der Waals surface area contributed by atoms with Gasteiger partial charge in [0.05, 0.1) is 0 Å². The molecule has 7 heteroatoms. The van der Waals surface area contributed by atoms with Crippen molar-refractivity contribution < 1.29 is 9.32 Å². The van der Waals surface area contributed by atoms with E-state index in [0.717, 1.165) is 44.6 Å². The average molecular weight is 305 g/mol. The summed E-state index contributed by atoms with van der Waals surface area (Å²) >= 11 is 0. The van der Waals surface area contributed by atoms with Crippen LogP contribution in [0.2, 0.25) is 0 Å². The van der Waals surface area contributed by atoms with E-state index in [2.05, 4.69) is 27.7 Å². The maximum atomic E-state index is 11.5. The Morgan fingerprint density at radius 3 is 2.75 bits per heavy atom. The lowest BCUT2D eigenvalue weighted by Gasteiger charge is -2.03. The van der Waals surface area contributed by atoms with Crippen molar-refractivity contribution in [2.24, 2.45) is 0 Å². The third-order valence-corrected chi connectivity index (χ3v) is 2.70. The number of aryl methyl sites for hydroxylation is 2. The van der Waals surface area contributed by atoms with Crippen molar-refractivity contribution in [1.82, 2.24) is 20.8 Å². The Hall–Kier alpha value is -1.14. The molecule has 1 amide bonds. The second-order valence-electron chi connectivity index (χ2n) is 4.51. The number of aromatic nitrogens is 2. The maximum Gasteiger partial charge on any atom is 0.226 e. The van der Waals surface area contributed by atoms with Gasteiger partial charge in [0.25, 0.3) is 0 Å². The van der Waals surface area contributed by atoms with E-state index in [9.17, 15) is 4.79 Å². The third-order valence-electron chi connectivity index (χ3n) is 2.70. The summed E-state index contributed by atoms with van der Waals surface area (Å²) in [7, 11) is 1.90. The van der Waals surface area contributed by atoms with Crippen LogP contribution in [0.15, 0.2) is 4.52 Å². The molecule has 0 aromatic carbocycles. The summed E-state index contributed by atoms with van der Waals surface area (Å²) in [6.45, 7) is 3.72. The third kappa shape index (κ3) is 8.12. The van der Waals surface area contributed by atoms with Gasteiger partial charge in [-0.2, -0.15) is 4.98 Å². The van der Waals surface area contributed by atoms with Gasteiger partial charge in [-0.25, -0.2) is 0 Å². The predicted octanol–water partition coefficient (Wildman–Crippen LogP) is 1.49. The molecule has 1 aromatic rings. The molecule has 0 saturated carbocycles. The Bertz CT molecular complexity index is 371. The summed E-state index contributed by atoms with van der Waals surface area (Å²) in [6, 6.07) is 0. The lowest BCUT2D eigenvalue weighted by atomic mass is 10.2. The number of nitrogens with one attached hydrogen (secondary N) is 2. The highest BCUT2D eigenvalue weighted by atomic mass is 35.5. The number of carbonyl (C=O) groups is 1. The average Bonchev–Trinajstić information content (AvgIpc) is 2.83. The van der Waals surface area contributed by atoms with Gasteiger partial charge in [0.15, 0.2) is 5.82 Å². The van der Waals surface area contributed by atoms with Crippen molar-refractivity contribution in [3.63, 3.8) is 0 Å². The number of hydrogen-bond donors (Lipinski definition) is 2. The predicted molar refractivity (Wildman–Crippen MR) is 80.0 cm³/mol. The minimum Gasteiger partial charge on any atom is -0.356 e. The topological polar surface area (TPSA) is 80.0 Å². The number of nitrogens with zero attached hydrogens (tertiary/aromatic N) is 2. The van der Waals surface area contributed by atoms with E-state index in [1.807, 2.05) is 7.05 Å². The number of halogens is 1. The van der Waals surface area contributed by atoms with Crippen molar-refractivity contribution in [1.29, 1.82) is 0 Å². The molecule has 0 atom stereocenters.